The van der Waals surface area contributed by atoms with E-state index in [0.29, 0.717) is 32.5 Å². The molecule has 2 saturated heterocycles. The Morgan fingerprint density at radius 2 is 1.78 bits per heavy atom. The topological polar surface area (TPSA) is 101 Å². The second-order valence-corrected chi connectivity index (χ2v) is 11.0. The van der Waals surface area contributed by atoms with Gasteiger partial charge in [-0.05, 0) is 30.5 Å². The molecule has 0 atom stereocenters. The van der Waals surface area contributed by atoms with Crippen molar-refractivity contribution in [3.63, 3.8) is 0 Å². The molecule has 0 aliphatic carbocycles. The highest BCUT2D eigenvalue weighted by Gasteiger charge is 2.47. The number of carbonyl (C=O) groups is 1. The fraction of sp³-hybridized carbons (Fsp3) is 0.318. The molecular formula is C22H23N3O5S2. The van der Waals surface area contributed by atoms with Crippen LogP contribution in [0.25, 0.3) is 6.08 Å². The smallest absolute Gasteiger partial charge is 0.270 e. The standard InChI is InChI=1S/C22H23N3O5S2/c26-21(19-7-4-8-20(17-19)25(27)28)24-14-15-31-22(24)10-12-23(13-11-22)32(29,30)16-9-18-5-2-1-3-6-18/h1-9,16-17H,10-15H2/b16-9+. The molecule has 0 unspecified atom stereocenters. The number of nitro groups is 1. The van der Waals surface area contributed by atoms with Crippen LogP contribution in [0.3, 0.4) is 0 Å². The summed E-state index contributed by atoms with van der Waals surface area (Å²) >= 11 is 1.66. The van der Waals surface area contributed by atoms with Gasteiger partial charge in [0, 0.05) is 48.5 Å². The third kappa shape index (κ3) is 4.57. The molecular weight excluding hydrogens is 450 g/mol. The van der Waals surface area contributed by atoms with Crippen LogP contribution in [-0.4, -0.2) is 58.7 Å². The number of rotatable bonds is 5. The Kier molecular flexibility index (Phi) is 6.36. The molecule has 2 heterocycles. The third-order valence-corrected chi connectivity index (χ3v) is 8.94. The second-order valence-electron chi connectivity index (χ2n) is 7.72. The Morgan fingerprint density at radius 1 is 1.06 bits per heavy atom. The number of amides is 1. The molecule has 2 aromatic carbocycles. The van der Waals surface area contributed by atoms with Gasteiger partial charge in [-0.25, -0.2) is 8.42 Å². The van der Waals surface area contributed by atoms with Crippen LogP contribution in [0.1, 0.15) is 28.8 Å². The summed E-state index contributed by atoms with van der Waals surface area (Å²) < 4.78 is 27.0. The minimum atomic E-state index is -3.57. The molecule has 1 amide bonds. The SMILES string of the molecule is O=C(c1cccc([N+](=O)[O-])c1)N1CCSC12CCN(S(=O)(=O)/C=C/c1ccccc1)CC2. The van der Waals surface area contributed by atoms with E-state index in [4.69, 9.17) is 0 Å². The zero-order chi connectivity index (χ0) is 22.8. The minimum absolute atomic E-state index is 0.122. The van der Waals surface area contributed by atoms with E-state index in [9.17, 15) is 23.3 Å². The van der Waals surface area contributed by atoms with E-state index >= 15 is 0 Å². The first-order valence-corrected chi connectivity index (χ1v) is 12.7. The van der Waals surface area contributed by atoms with Gasteiger partial charge in [0.05, 0.1) is 9.79 Å². The molecule has 10 heteroatoms. The molecule has 0 bridgehead atoms. The van der Waals surface area contributed by atoms with Gasteiger partial charge in [-0.15, -0.1) is 11.8 Å². The van der Waals surface area contributed by atoms with Crippen LogP contribution in [0.5, 0.6) is 0 Å². The van der Waals surface area contributed by atoms with Crippen LogP contribution in [0, 0.1) is 10.1 Å². The van der Waals surface area contributed by atoms with Gasteiger partial charge in [-0.1, -0.05) is 36.4 Å². The Balaban J connectivity index is 1.47. The van der Waals surface area contributed by atoms with Crippen molar-refractivity contribution in [2.24, 2.45) is 0 Å². The van der Waals surface area contributed by atoms with Crippen molar-refractivity contribution in [3.05, 3.63) is 81.2 Å². The van der Waals surface area contributed by atoms with Gasteiger partial charge in [-0.2, -0.15) is 4.31 Å². The molecule has 2 aromatic rings. The summed E-state index contributed by atoms with van der Waals surface area (Å²) in [5.74, 6) is 0.500. The van der Waals surface area contributed by atoms with Crippen molar-refractivity contribution in [1.82, 2.24) is 9.21 Å². The van der Waals surface area contributed by atoms with E-state index in [2.05, 4.69) is 0 Å². The van der Waals surface area contributed by atoms with Crippen molar-refractivity contribution >= 4 is 39.5 Å². The average Bonchev–Trinajstić information content (AvgIpc) is 3.21. The largest absolute Gasteiger partial charge is 0.323 e. The number of carbonyl (C=O) groups excluding carboxylic acids is 1. The van der Waals surface area contributed by atoms with Gasteiger partial charge >= 0.3 is 0 Å². The summed E-state index contributed by atoms with van der Waals surface area (Å²) in [5, 5.41) is 12.3. The molecule has 2 aliphatic heterocycles. The highest BCUT2D eigenvalue weighted by Crippen LogP contribution is 2.45. The van der Waals surface area contributed by atoms with Crippen LogP contribution in [0.2, 0.25) is 0 Å². The molecule has 1 spiro atoms. The summed E-state index contributed by atoms with van der Waals surface area (Å²) in [6.07, 6.45) is 2.61. The lowest BCUT2D eigenvalue weighted by Gasteiger charge is -2.43. The third-order valence-electron chi connectivity index (χ3n) is 5.82. The van der Waals surface area contributed by atoms with Crippen molar-refractivity contribution in [2.75, 3.05) is 25.4 Å². The van der Waals surface area contributed by atoms with E-state index < -0.39 is 19.8 Å². The van der Waals surface area contributed by atoms with Crippen molar-refractivity contribution < 1.29 is 18.1 Å². The van der Waals surface area contributed by atoms with Crippen LogP contribution < -0.4 is 0 Å². The van der Waals surface area contributed by atoms with E-state index in [1.807, 2.05) is 30.3 Å². The summed E-state index contributed by atoms with van der Waals surface area (Å²) in [7, 11) is -3.57. The Morgan fingerprint density at radius 3 is 2.47 bits per heavy atom. The van der Waals surface area contributed by atoms with E-state index in [1.165, 1.54) is 27.9 Å². The summed E-state index contributed by atoms with van der Waals surface area (Å²) in [6.45, 7) is 1.16. The molecule has 0 radical (unpaired) electrons. The van der Waals surface area contributed by atoms with Gasteiger partial charge in [0.25, 0.3) is 11.6 Å². The molecule has 168 valence electrons. The predicted molar refractivity (Wildman–Crippen MR) is 125 cm³/mol. The van der Waals surface area contributed by atoms with Crippen LogP contribution in [-0.2, 0) is 10.0 Å². The van der Waals surface area contributed by atoms with Crippen molar-refractivity contribution in [3.8, 4) is 0 Å². The first kappa shape index (κ1) is 22.5. The lowest BCUT2D eigenvalue weighted by atomic mass is 10.0. The molecule has 4 rings (SSSR count). The first-order valence-electron chi connectivity index (χ1n) is 10.2. The molecule has 2 fully saturated rings. The quantitative estimate of drug-likeness (QED) is 0.486. The lowest BCUT2D eigenvalue weighted by Crippen LogP contribution is -2.53. The number of nitro benzene ring substituents is 1. The maximum atomic E-state index is 13.2. The number of piperidine rings is 1. The monoisotopic (exact) mass is 473 g/mol. The first-order chi connectivity index (χ1) is 15.3. The zero-order valence-corrected chi connectivity index (χ0v) is 18.9. The predicted octanol–water partition coefficient (Wildman–Crippen LogP) is 3.58. The van der Waals surface area contributed by atoms with E-state index in [1.54, 1.807) is 28.8 Å². The van der Waals surface area contributed by atoms with Gasteiger partial charge in [0.15, 0.2) is 0 Å². The second kappa shape index (κ2) is 9.05. The van der Waals surface area contributed by atoms with Gasteiger partial charge in [0.2, 0.25) is 10.0 Å². The molecule has 0 saturated carbocycles. The summed E-state index contributed by atoms with van der Waals surface area (Å²) in [6, 6.07) is 15.0. The van der Waals surface area contributed by atoms with E-state index in [0.717, 1.165) is 11.3 Å². The average molecular weight is 474 g/mol. The fourth-order valence-electron chi connectivity index (χ4n) is 4.12. The van der Waals surface area contributed by atoms with Crippen molar-refractivity contribution in [2.45, 2.75) is 17.7 Å². The Hall–Kier alpha value is -2.69. The number of hydrogen-bond acceptors (Lipinski definition) is 6. The van der Waals surface area contributed by atoms with Gasteiger partial charge < -0.3 is 4.90 Å². The van der Waals surface area contributed by atoms with Gasteiger partial charge in [0.1, 0.15) is 0 Å². The molecule has 32 heavy (non-hydrogen) atoms. The van der Waals surface area contributed by atoms with Gasteiger partial charge in [-0.3, -0.25) is 14.9 Å². The number of hydrogen-bond donors (Lipinski definition) is 0. The van der Waals surface area contributed by atoms with E-state index in [-0.39, 0.29) is 17.2 Å². The van der Waals surface area contributed by atoms with Crippen LogP contribution >= 0.6 is 11.8 Å². The highest BCUT2D eigenvalue weighted by molar-refractivity contribution is 8.00. The number of nitrogens with zero attached hydrogens (tertiary/aromatic N) is 3. The number of sulfonamides is 1. The Bertz CT molecular complexity index is 1140. The summed E-state index contributed by atoms with van der Waals surface area (Å²) in [4.78, 5) is 25.0. The molecule has 0 aromatic heterocycles. The van der Waals surface area contributed by atoms with Crippen LogP contribution in [0.4, 0.5) is 5.69 Å². The lowest BCUT2D eigenvalue weighted by molar-refractivity contribution is -0.384. The fourth-order valence-corrected chi connectivity index (χ4v) is 6.77. The number of non-ortho nitro benzene ring substituents is 1. The minimum Gasteiger partial charge on any atom is -0.323 e. The zero-order valence-electron chi connectivity index (χ0n) is 17.3. The molecule has 0 N–H and O–H groups in total. The highest BCUT2D eigenvalue weighted by atomic mass is 32.2. The number of benzene rings is 2. The maximum Gasteiger partial charge on any atom is 0.270 e. The molecule has 8 nitrogen and oxygen atoms in total. The number of thioether (sulfide) groups is 1. The molecule has 2 aliphatic rings. The normalized spacial score (nSPS) is 18.9. The van der Waals surface area contributed by atoms with Crippen LogP contribution in [0.15, 0.2) is 60.0 Å². The summed E-state index contributed by atoms with van der Waals surface area (Å²) in [5.41, 5.74) is 0.967. The van der Waals surface area contributed by atoms with Crippen molar-refractivity contribution in [1.29, 1.82) is 0 Å². The Labute approximate surface area is 191 Å². The maximum absolute atomic E-state index is 13.2.